The maximum absolute atomic E-state index is 12.9. The molecule has 0 aliphatic carbocycles. The van der Waals surface area contributed by atoms with Crippen LogP contribution < -0.4 is 0 Å². The minimum absolute atomic E-state index is 0.00363. The highest BCUT2D eigenvalue weighted by atomic mass is 19.4. The summed E-state index contributed by atoms with van der Waals surface area (Å²) in [5, 5.41) is -2.56. The summed E-state index contributed by atoms with van der Waals surface area (Å²) in [5.41, 5.74) is -6.19. The summed E-state index contributed by atoms with van der Waals surface area (Å²) < 4.78 is 81.0. The van der Waals surface area contributed by atoms with Crippen LogP contribution in [0.2, 0.25) is 0 Å². The van der Waals surface area contributed by atoms with Crippen LogP contribution in [-0.4, -0.2) is 110 Å². The molecule has 1 heterocycles. The van der Waals surface area contributed by atoms with Gasteiger partial charge in [-0.2, -0.15) is 26.3 Å². The van der Waals surface area contributed by atoms with Gasteiger partial charge in [0.2, 0.25) is 0 Å². The molecule has 3 atom stereocenters. The monoisotopic (exact) mass is 396 g/mol. The highest BCUT2D eigenvalue weighted by Crippen LogP contribution is 2.44. The van der Waals surface area contributed by atoms with Crippen molar-refractivity contribution in [1.29, 1.82) is 0 Å². The average molecular weight is 395 g/mol. The molecule has 3 unspecified atom stereocenters. The van der Waals surface area contributed by atoms with E-state index in [1.165, 1.54) is 4.90 Å². The summed E-state index contributed by atoms with van der Waals surface area (Å²) in [4.78, 5) is 13.5. The lowest BCUT2D eigenvalue weighted by molar-refractivity contribution is -0.331. The Morgan fingerprint density at radius 1 is 0.929 bits per heavy atom. The van der Waals surface area contributed by atoms with Crippen LogP contribution in [-0.2, 0) is 4.74 Å². The van der Waals surface area contributed by atoms with Crippen molar-refractivity contribution in [3.8, 4) is 0 Å². The molecule has 1 aliphatic rings. The maximum atomic E-state index is 12.9. The number of piperazine rings is 1. The lowest BCUT2D eigenvalue weighted by Crippen LogP contribution is -2.80. The van der Waals surface area contributed by atoms with E-state index in [2.05, 4.69) is 12.6 Å². The van der Waals surface area contributed by atoms with Crippen molar-refractivity contribution in [2.24, 2.45) is 0 Å². The lowest BCUT2D eigenvalue weighted by Gasteiger charge is -2.63. The fourth-order valence-corrected chi connectivity index (χ4v) is 2.73. The standard InChI is InChI=1S/C12H12B6F6N2O2/c1-8(2,3)25-4(13)5(14)26(9(16,17)6(25)15)7(27)28-10(18,11(19,20)21)12(22,23)24/h4-6H,1-3H3. The Kier molecular flexibility index (Phi) is 6.45. The summed E-state index contributed by atoms with van der Waals surface area (Å²) in [7, 11) is 33.3. The van der Waals surface area contributed by atoms with E-state index in [0.717, 1.165) is 0 Å². The third-order valence-electron chi connectivity index (χ3n) is 4.22. The van der Waals surface area contributed by atoms with Gasteiger partial charge in [-0.05, 0) is 38.0 Å². The van der Waals surface area contributed by atoms with E-state index < -0.39 is 52.6 Å². The van der Waals surface area contributed by atoms with Gasteiger partial charge in [-0.25, -0.2) is 4.79 Å². The summed E-state index contributed by atoms with van der Waals surface area (Å²) in [6, 6.07) is 0. The third-order valence-corrected chi connectivity index (χ3v) is 4.22. The van der Waals surface area contributed by atoms with E-state index in [9.17, 15) is 31.1 Å². The van der Waals surface area contributed by atoms with Crippen molar-refractivity contribution < 1.29 is 35.9 Å². The maximum Gasteiger partial charge on any atom is 0.427 e. The molecule has 4 nitrogen and oxygen atoms in total. The van der Waals surface area contributed by atoms with E-state index in [0.29, 0.717) is 0 Å². The number of amides is 1. The number of nitrogens with zero attached hydrogens (tertiary/aromatic N) is 2. The van der Waals surface area contributed by atoms with Crippen LogP contribution in [0.1, 0.15) is 20.8 Å². The predicted molar refractivity (Wildman–Crippen MR) is 93.4 cm³/mol. The molecule has 28 heavy (non-hydrogen) atoms. The minimum atomic E-state index is -6.21. The molecule has 0 N–H and O–H groups in total. The molecule has 12 radical (unpaired) electrons. The molecule has 0 aromatic carbocycles. The van der Waals surface area contributed by atoms with Gasteiger partial charge in [0.1, 0.15) is 7.85 Å². The van der Waals surface area contributed by atoms with E-state index in [1.54, 1.807) is 20.8 Å². The van der Waals surface area contributed by atoms with Crippen molar-refractivity contribution in [3.63, 3.8) is 0 Å². The molecule has 16 heteroatoms. The molecule has 1 fully saturated rings. The summed E-state index contributed by atoms with van der Waals surface area (Å²) in [6.45, 7) is 4.84. The fraction of sp³-hybridized carbons (Fsp3) is 0.917. The first-order valence-corrected chi connectivity index (χ1v) is 7.68. The van der Waals surface area contributed by atoms with Gasteiger partial charge in [0, 0.05) is 11.5 Å². The molecule has 1 saturated heterocycles. The largest absolute Gasteiger partial charge is 0.434 e. The first kappa shape index (κ1) is 25.2. The van der Waals surface area contributed by atoms with Crippen molar-refractivity contribution in [2.45, 2.75) is 67.3 Å². The molecule has 0 spiro atoms. The first-order chi connectivity index (χ1) is 12.1. The van der Waals surface area contributed by atoms with Gasteiger partial charge in [0.15, 0.2) is 7.85 Å². The van der Waals surface area contributed by atoms with Crippen molar-refractivity contribution in [1.82, 2.24) is 9.80 Å². The van der Waals surface area contributed by atoms with E-state index >= 15 is 0 Å². The van der Waals surface area contributed by atoms with Gasteiger partial charge in [-0.3, -0.25) is 0 Å². The van der Waals surface area contributed by atoms with Crippen LogP contribution in [0.25, 0.3) is 0 Å². The van der Waals surface area contributed by atoms with Crippen LogP contribution in [0.3, 0.4) is 0 Å². The number of alkyl halides is 6. The summed E-state index contributed by atoms with van der Waals surface area (Å²) >= 11 is 0. The number of hydrogen-bond acceptors (Lipinski definition) is 3. The molecule has 142 valence electrons. The van der Waals surface area contributed by atoms with Crippen molar-refractivity contribution in [3.05, 3.63) is 0 Å². The Hall–Kier alpha value is -0.800. The van der Waals surface area contributed by atoms with Crippen LogP contribution in [0.15, 0.2) is 0 Å². The van der Waals surface area contributed by atoms with Gasteiger partial charge in [0.25, 0.3) is 5.50 Å². The van der Waals surface area contributed by atoms with Gasteiger partial charge in [-0.1, -0.05) is 0 Å². The fourth-order valence-electron chi connectivity index (χ4n) is 2.73. The molecule has 1 amide bonds. The Balaban J connectivity index is 3.38. The van der Waals surface area contributed by atoms with E-state index in [1.807, 2.05) is 0 Å². The SMILES string of the molecule is [B]C1C([B])N(C(=O)OC([B])(C(F)(F)F)C(F)(F)F)C([B])([B])C([B])N1C(C)(C)C. The number of halogens is 6. The molecule has 0 bridgehead atoms. The highest BCUT2D eigenvalue weighted by molar-refractivity contribution is 6.45. The van der Waals surface area contributed by atoms with Crippen LogP contribution in [0.5, 0.6) is 0 Å². The topological polar surface area (TPSA) is 32.8 Å². The van der Waals surface area contributed by atoms with E-state index in [-0.39, 0.29) is 4.90 Å². The minimum Gasteiger partial charge on any atom is -0.434 e. The average Bonchev–Trinajstić information content (AvgIpc) is 2.41. The second kappa shape index (κ2) is 7.16. The second-order valence-electron chi connectivity index (χ2n) is 7.36. The summed E-state index contributed by atoms with van der Waals surface area (Å²) in [5.74, 6) is -4.70. The van der Waals surface area contributed by atoms with Gasteiger partial charge in [0.05, 0.1) is 31.4 Å². The van der Waals surface area contributed by atoms with Gasteiger partial charge in [-0.15, -0.1) is 0 Å². The molecule has 1 aliphatic heterocycles. The summed E-state index contributed by atoms with van der Waals surface area (Å²) in [6.07, 6.45) is -14.7. The number of hydrogen-bond donors (Lipinski definition) is 0. The second-order valence-corrected chi connectivity index (χ2v) is 7.36. The predicted octanol–water partition coefficient (Wildman–Crippen LogP) is 0.00310. The molecule has 1 rings (SSSR count). The third kappa shape index (κ3) is 4.07. The highest BCUT2D eigenvalue weighted by Gasteiger charge is 2.70. The zero-order chi connectivity index (χ0) is 22.7. The Morgan fingerprint density at radius 2 is 1.32 bits per heavy atom. The molecule has 0 saturated carbocycles. The smallest absolute Gasteiger partial charge is 0.427 e. The Morgan fingerprint density at radius 3 is 1.64 bits per heavy atom. The molecular formula is C12H12B6F6N2O2. The number of carbonyl (C=O) groups is 1. The quantitative estimate of drug-likeness (QED) is 0.463. The zero-order valence-corrected chi connectivity index (χ0v) is 15.2. The van der Waals surface area contributed by atoms with Gasteiger partial charge >= 0.3 is 18.4 Å². The number of ether oxygens (including phenoxy) is 1. The van der Waals surface area contributed by atoms with Crippen LogP contribution in [0.4, 0.5) is 31.1 Å². The van der Waals surface area contributed by atoms with Crippen molar-refractivity contribution >= 4 is 53.2 Å². The Labute approximate surface area is 166 Å². The van der Waals surface area contributed by atoms with Gasteiger partial charge < -0.3 is 14.5 Å². The number of carbonyl (C=O) groups excluding carboxylic acids is 1. The first-order valence-electron chi connectivity index (χ1n) is 7.68. The van der Waals surface area contributed by atoms with E-state index in [4.69, 9.17) is 39.2 Å². The number of rotatable bonds is 1. The molecule has 0 aromatic heterocycles. The van der Waals surface area contributed by atoms with Crippen molar-refractivity contribution in [2.75, 3.05) is 0 Å². The van der Waals surface area contributed by atoms with Crippen LogP contribution in [0, 0.1) is 0 Å². The lowest BCUT2D eigenvalue weighted by atomic mass is 9.47. The zero-order valence-electron chi connectivity index (χ0n) is 15.2. The Bertz CT molecular complexity index is 597. The van der Waals surface area contributed by atoms with Crippen LogP contribution >= 0.6 is 0 Å². The molecule has 0 aromatic rings. The molecular weight excluding hydrogens is 383 g/mol. The normalized spacial score (nSPS) is 27.5.